The molecular formula is C20H27IN5O3P. The van der Waals surface area contributed by atoms with Crippen LogP contribution in [0.1, 0.15) is 32.1 Å². The van der Waals surface area contributed by atoms with Crippen LogP contribution in [0.5, 0.6) is 5.75 Å². The van der Waals surface area contributed by atoms with Crippen molar-refractivity contribution < 1.29 is 14.3 Å². The Kier molecular flexibility index (Phi) is 11.6. The molecule has 0 amide bonds. The summed E-state index contributed by atoms with van der Waals surface area (Å²) in [5.41, 5.74) is 2.52. The molecule has 0 aliphatic rings. The average molecular weight is 543 g/mol. The Morgan fingerprint density at radius 3 is 2.57 bits per heavy atom. The fourth-order valence-corrected chi connectivity index (χ4v) is 3.97. The molecule has 3 rings (SSSR count). The van der Waals surface area contributed by atoms with Gasteiger partial charge in [0.1, 0.15) is 23.9 Å². The van der Waals surface area contributed by atoms with Gasteiger partial charge in [-0.2, -0.15) is 4.98 Å². The minimum absolute atomic E-state index is 0.544. The highest BCUT2D eigenvalue weighted by Crippen LogP contribution is 2.28. The zero-order valence-corrected chi connectivity index (χ0v) is 20.3. The van der Waals surface area contributed by atoms with E-state index in [-0.39, 0.29) is 0 Å². The molecule has 0 bridgehead atoms. The number of carbonyl (C=O) groups excluding carboxylic acids is 1. The number of unbranched alkanes of at least 4 members (excludes halogenated alkanes) is 4. The van der Waals surface area contributed by atoms with E-state index in [1.807, 2.05) is 28.6 Å². The zero-order chi connectivity index (χ0) is 21.6. The fourth-order valence-electron chi connectivity index (χ4n) is 2.57. The van der Waals surface area contributed by atoms with Gasteiger partial charge >= 0.3 is 0 Å². The van der Waals surface area contributed by atoms with Crippen LogP contribution in [0.3, 0.4) is 0 Å². The highest BCUT2D eigenvalue weighted by atomic mass is 127. The van der Waals surface area contributed by atoms with Gasteiger partial charge in [0, 0.05) is 26.3 Å². The molecule has 162 valence electrons. The Hall–Kier alpha value is -1.84. The van der Waals surface area contributed by atoms with Crippen molar-refractivity contribution in [3.63, 3.8) is 0 Å². The van der Waals surface area contributed by atoms with Crippen molar-refractivity contribution in [2.24, 2.45) is 0 Å². The lowest BCUT2D eigenvalue weighted by Gasteiger charge is -2.08. The number of nitrogens with one attached hydrogen (secondary N) is 1. The SMILES string of the molecule is COC.O=CCCCCCCOc1ccc(Nc2ncc3ncn(PI)c3n2)cc1. The highest BCUT2D eigenvalue weighted by Gasteiger charge is 2.06. The van der Waals surface area contributed by atoms with Gasteiger partial charge in [-0.15, -0.1) is 0 Å². The first-order valence-corrected chi connectivity index (χ1v) is 13.7. The van der Waals surface area contributed by atoms with Gasteiger partial charge in [0.25, 0.3) is 0 Å². The summed E-state index contributed by atoms with van der Waals surface area (Å²) in [6.45, 7) is 0.689. The summed E-state index contributed by atoms with van der Waals surface area (Å²) >= 11 is 2.30. The summed E-state index contributed by atoms with van der Waals surface area (Å²) in [4.78, 5) is 23.4. The van der Waals surface area contributed by atoms with Crippen LogP contribution in [-0.4, -0.2) is 46.4 Å². The lowest BCUT2D eigenvalue weighted by atomic mass is 10.2. The van der Waals surface area contributed by atoms with E-state index in [1.165, 1.54) is 0 Å². The van der Waals surface area contributed by atoms with Crippen molar-refractivity contribution in [3.8, 4) is 5.75 Å². The molecule has 0 radical (unpaired) electrons. The molecule has 30 heavy (non-hydrogen) atoms. The molecule has 3 aromatic rings. The molecule has 0 saturated heterocycles. The Bertz CT molecular complexity index is 892. The van der Waals surface area contributed by atoms with Gasteiger partial charge < -0.3 is 19.6 Å². The number of hydrogen-bond donors (Lipinski definition) is 1. The lowest BCUT2D eigenvalue weighted by molar-refractivity contribution is -0.107. The summed E-state index contributed by atoms with van der Waals surface area (Å²) in [5, 5.41) is 3.21. The van der Waals surface area contributed by atoms with Crippen LogP contribution in [0.4, 0.5) is 11.6 Å². The number of imidazole rings is 1. The van der Waals surface area contributed by atoms with E-state index < -0.39 is 0 Å². The average Bonchev–Trinajstić information content (AvgIpc) is 3.17. The molecule has 1 atom stereocenters. The smallest absolute Gasteiger partial charge is 0.229 e. The van der Waals surface area contributed by atoms with E-state index in [4.69, 9.17) is 4.74 Å². The van der Waals surface area contributed by atoms with Crippen LogP contribution in [0.25, 0.3) is 11.2 Å². The Balaban J connectivity index is 0.00000101. The molecule has 0 aliphatic carbocycles. The number of ether oxygens (including phenoxy) is 2. The van der Waals surface area contributed by atoms with Gasteiger partial charge in [-0.05, 0) is 59.1 Å². The van der Waals surface area contributed by atoms with Gasteiger partial charge in [-0.3, -0.25) is 4.34 Å². The van der Waals surface area contributed by atoms with Crippen LogP contribution in [0.15, 0.2) is 36.8 Å². The number of carbonyl (C=O) groups is 1. The number of hydrogen-bond acceptors (Lipinski definition) is 7. The van der Waals surface area contributed by atoms with Crippen molar-refractivity contribution in [1.82, 2.24) is 19.3 Å². The van der Waals surface area contributed by atoms with Crippen LogP contribution in [0, 0.1) is 0 Å². The van der Waals surface area contributed by atoms with E-state index in [0.717, 1.165) is 54.6 Å². The third kappa shape index (κ3) is 8.12. The second-order valence-electron chi connectivity index (χ2n) is 6.38. The quantitative estimate of drug-likeness (QED) is 0.155. The van der Waals surface area contributed by atoms with Gasteiger partial charge in [0.2, 0.25) is 5.95 Å². The minimum Gasteiger partial charge on any atom is -0.494 e. The Labute approximate surface area is 191 Å². The molecule has 1 unspecified atom stereocenters. The monoisotopic (exact) mass is 543 g/mol. The lowest BCUT2D eigenvalue weighted by Crippen LogP contribution is -1.99. The predicted octanol–water partition coefficient (Wildman–Crippen LogP) is 5.15. The van der Waals surface area contributed by atoms with Gasteiger partial charge in [0.05, 0.1) is 19.2 Å². The second-order valence-corrected chi connectivity index (χ2v) is 8.48. The third-order valence-electron chi connectivity index (χ3n) is 3.98. The number of anilines is 2. The minimum atomic E-state index is 0.544. The molecule has 2 heterocycles. The maximum atomic E-state index is 10.3. The summed E-state index contributed by atoms with van der Waals surface area (Å²) in [5.74, 6) is 1.39. The number of aldehydes is 1. The topological polar surface area (TPSA) is 91.2 Å². The standard InChI is InChI=1S/C18H21IN5O2P.C2H6O/c19-27-24-13-21-16-12-20-18(23-17(16)24)22-14-6-8-15(9-7-14)26-11-5-3-1-2-4-10-25;1-3-2/h6-10,12-13,27H,1-5,11H2,(H,20,22,23);1-2H3. The number of nitrogens with zero attached hydrogens (tertiary/aromatic N) is 4. The van der Waals surface area contributed by atoms with Crippen LogP contribution in [-0.2, 0) is 9.53 Å². The molecular weight excluding hydrogens is 516 g/mol. The van der Waals surface area contributed by atoms with Crippen LogP contribution < -0.4 is 10.1 Å². The molecule has 10 heteroatoms. The number of aromatic nitrogens is 4. The van der Waals surface area contributed by atoms with Crippen molar-refractivity contribution in [1.29, 1.82) is 0 Å². The third-order valence-corrected chi connectivity index (χ3v) is 6.05. The van der Waals surface area contributed by atoms with Crippen LogP contribution >= 0.6 is 28.4 Å². The van der Waals surface area contributed by atoms with Gasteiger partial charge in [-0.25, -0.2) is 9.97 Å². The normalized spacial score (nSPS) is 10.8. The van der Waals surface area contributed by atoms with Gasteiger partial charge in [0.15, 0.2) is 5.65 Å². The molecule has 2 aromatic heterocycles. The number of benzene rings is 1. The first-order chi connectivity index (χ1) is 14.7. The molecule has 0 saturated carbocycles. The second kappa shape index (κ2) is 14.2. The van der Waals surface area contributed by atoms with E-state index >= 15 is 0 Å². The zero-order valence-electron chi connectivity index (χ0n) is 17.2. The van der Waals surface area contributed by atoms with Crippen molar-refractivity contribution in [2.75, 3.05) is 26.1 Å². The fraction of sp³-hybridized carbons (Fsp3) is 0.400. The maximum Gasteiger partial charge on any atom is 0.229 e. The van der Waals surface area contributed by atoms with Crippen molar-refractivity contribution in [3.05, 3.63) is 36.8 Å². The Morgan fingerprint density at radius 1 is 1.13 bits per heavy atom. The van der Waals surface area contributed by atoms with Crippen molar-refractivity contribution in [2.45, 2.75) is 32.1 Å². The van der Waals surface area contributed by atoms with Crippen LogP contribution in [0.2, 0.25) is 0 Å². The number of halogens is 1. The number of methoxy groups -OCH3 is 1. The largest absolute Gasteiger partial charge is 0.494 e. The van der Waals surface area contributed by atoms with E-state index in [0.29, 0.717) is 25.3 Å². The van der Waals surface area contributed by atoms with E-state index in [1.54, 1.807) is 26.7 Å². The maximum absolute atomic E-state index is 10.3. The molecule has 1 aromatic carbocycles. The van der Waals surface area contributed by atoms with E-state index in [2.05, 4.69) is 47.0 Å². The number of rotatable bonds is 11. The molecule has 1 N–H and O–H groups in total. The molecule has 0 fully saturated rings. The van der Waals surface area contributed by atoms with Crippen molar-refractivity contribution >= 4 is 57.5 Å². The first kappa shape index (κ1) is 24.4. The Morgan fingerprint density at radius 2 is 1.87 bits per heavy atom. The first-order valence-electron chi connectivity index (χ1n) is 9.62. The molecule has 8 nitrogen and oxygen atoms in total. The summed E-state index contributed by atoms with van der Waals surface area (Å²) in [7, 11) is 3.25. The summed E-state index contributed by atoms with van der Waals surface area (Å²) in [6.07, 6.45) is 9.82. The summed E-state index contributed by atoms with van der Waals surface area (Å²) in [6, 6.07) is 7.77. The molecule has 0 spiro atoms. The molecule has 0 aliphatic heterocycles. The van der Waals surface area contributed by atoms with Gasteiger partial charge in [-0.1, -0.05) is 12.8 Å². The number of fused-ring (bicyclic) bond motifs is 1. The summed E-state index contributed by atoms with van der Waals surface area (Å²) < 4.78 is 12.0. The predicted molar refractivity (Wildman–Crippen MR) is 130 cm³/mol. The highest BCUT2D eigenvalue weighted by molar-refractivity contribution is 14.2. The van der Waals surface area contributed by atoms with E-state index in [9.17, 15) is 4.79 Å².